The molecule has 2 heterocycles. The maximum absolute atomic E-state index is 13.2. The molecule has 1 saturated heterocycles. The number of morpholine rings is 1. The molecule has 178 valence electrons. The number of nitrogens with zero attached hydrogens (tertiary/aromatic N) is 2. The molecule has 10 heteroatoms. The van der Waals surface area contributed by atoms with Crippen LogP contribution in [0.2, 0.25) is 0 Å². The Balaban J connectivity index is 1.59. The maximum atomic E-state index is 13.2. The highest BCUT2D eigenvalue weighted by Gasteiger charge is 2.28. The SMILES string of the molecule is COc1ccccc1Nc1ncccc1C(=O)Nc1ccc(C)c(S(=O)(=O)N2CCOCC2)c1. The summed E-state index contributed by atoms with van der Waals surface area (Å²) in [5, 5.41) is 5.93. The van der Waals surface area contributed by atoms with Gasteiger partial charge in [0, 0.05) is 25.0 Å². The van der Waals surface area contributed by atoms with E-state index in [1.165, 1.54) is 10.4 Å². The predicted molar refractivity (Wildman–Crippen MR) is 129 cm³/mol. The molecule has 1 aliphatic heterocycles. The number of amides is 1. The minimum absolute atomic E-state index is 0.158. The number of rotatable bonds is 7. The van der Waals surface area contributed by atoms with Gasteiger partial charge in [-0.2, -0.15) is 4.31 Å². The average molecular weight is 483 g/mol. The molecule has 0 radical (unpaired) electrons. The summed E-state index contributed by atoms with van der Waals surface area (Å²) in [5.41, 5.74) is 1.93. The quantitative estimate of drug-likeness (QED) is 0.531. The van der Waals surface area contributed by atoms with Gasteiger partial charge in [-0.05, 0) is 48.9 Å². The topological polar surface area (TPSA) is 110 Å². The van der Waals surface area contributed by atoms with Crippen LogP contribution in [0.25, 0.3) is 0 Å². The first-order valence-corrected chi connectivity index (χ1v) is 12.2. The summed E-state index contributed by atoms with van der Waals surface area (Å²) in [6.07, 6.45) is 1.58. The first-order valence-electron chi connectivity index (χ1n) is 10.7. The highest BCUT2D eigenvalue weighted by molar-refractivity contribution is 7.89. The molecule has 1 amide bonds. The first kappa shape index (κ1) is 23.7. The summed E-state index contributed by atoms with van der Waals surface area (Å²) in [5.74, 6) is 0.526. The fourth-order valence-electron chi connectivity index (χ4n) is 3.64. The van der Waals surface area contributed by atoms with Crippen molar-refractivity contribution in [1.29, 1.82) is 0 Å². The number of aromatic nitrogens is 1. The molecule has 0 aliphatic carbocycles. The average Bonchev–Trinajstić information content (AvgIpc) is 2.86. The van der Waals surface area contributed by atoms with Crippen LogP contribution >= 0.6 is 0 Å². The molecule has 2 N–H and O–H groups in total. The monoisotopic (exact) mass is 482 g/mol. The Morgan fingerprint density at radius 3 is 2.62 bits per heavy atom. The van der Waals surface area contributed by atoms with E-state index in [1.807, 2.05) is 18.2 Å². The molecule has 0 bridgehead atoms. The standard InChI is InChI=1S/C24H26N4O5S/c1-17-9-10-18(16-22(17)34(30,31)28-12-14-33-15-13-28)26-24(29)19-6-5-11-25-23(19)27-20-7-3-4-8-21(20)32-2/h3-11,16H,12-15H2,1-2H3,(H,25,27)(H,26,29). The third kappa shape index (κ3) is 5.04. The molecule has 0 atom stereocenters. The summed E-state index contributed by atoms with van der Waals surface area (Å²) < 4.78 is 38.4. The largest absolute Gasteiger partial charge is 0.495 e. The van der Waals surface area contributed by atoms with Gasteiger partial charge < -0.3 is 20.1 Å². The van der Waals surface area contributed by atoms with Crippen molar-refractivity contribution in [3.63, 3.8) is 0 Å². The number of anilines is 3. The Bertz CT molecular complexity index is 1290. The molecule has 1 fully saturated rings. The number of hydrogen-bond donors (Lipinski definition) is 2. The van der Waals surface area contributed by atoms with Crippen molar-refractivity contribution in [2.45, 2.75) is 11.8 Å². The van der Waals surface area contributed by atoms with Crippen LogP contribution in [0, 0.1) is 6.92 Å². The van der Waals surface area contributed by atoms with Gasteiger partial charge in [-0.3, -0.25) is 4.79 Å². The molecule has 1 aliphatic rings. The van der Waals surface area contributed by atoms with E-state index in [-0.39, 0.29) is 4.90 Å². The van der Waals surface area contributed by atoms with Gasteiger partial charge in [0.05, 0.1) is 36.5 Å². The smallest absolute Gasteiger partial charge is 0.259 e. The number of nitrogens with one attached hydrogen (secondary N) is 2. The molecule has 1 aromatic heterocycles. The van der Waals surface area contributed by atoms with Gasteiger partial charge in [0.15, 0.2) is 0 Å². The lowest BCUT2D eigenvalue weighted by Crippen LogP contribution is -2.40. The van der Waals surface area contributed by atoms with Crippen LogP contribution in [0.15, 0.2) is 65.7 Å². The Labute approximate surface area is 198 Å². The Morgan fingerprint density at radius 2 is 1.85 bits per heavy atom. The zero-order chi connectivity index (χ0) is 24.1. The molecule has 34 heavy (non-hydrogen) atoms. The minimum atomic E-state index is -3.71. The van der Waals surface area contributed by atoms with E-state index < -0.39 is 15.9 Å². The zero-order valence-corrected chi connectivity index (χ0v) is 19.8. The number of methoxy groups -OCH3 is 1. The number of sulfonamides is 1. The molecule has 0 spiro atoms. The third-order valence-corrected chi connectivity index (χ3v) is 7.49. The number of aryl methyl sites for hydroxylation is 1. The summed E-state index contributed by atoms with van der Waals surface area (Å²) in [6.45, 7) is 3.04. The Hall–Kier alpha value is -3.47. The van der Waals surface area contributed by atoms with Crippen molar-refractivity contribution in [2.75, 3.05) is 44.0 Å². The summed E-state index contributed by atoms with van der Waals surface area (Å²) in [6, 6.07) is 15.4. The molecular weight excluding hydrogens is 456 g/mol. The van der Waals surface area contributed by atoms with E-state index in [2.05, 4.69) is 15.6 Å². The van der Waals surface area contributed by atoms with Crippen molar-refractivity contribution in [1.82, 2.24) is 9.29 Å². The lowest BCUT2D eigenvalue weighted by molar-refractivity contribution is 0.0730. The number of carbonyl (C=O) groups excluding carboxylic acids is 1. The number of benzene rings is 2. The van der Waals surface area contributed by atoms with E-state index in [0.29, 0.717) is 60.4 Å². The summed E-state index contributed by atoms with van der Waals surface area (Å²) in [4.78, 5) is 17.6. The van der Waals surface area contributed by atoms with E-state index in [1.54, 1.807) is 50.6 Å². The lowest BCUT2D eigenvalue weighted by Gasteiger charge is -2.26. The number of carbonyl (C=O) groups is 1. The van der Waals surface area contributed by atoms with Crippen molar-refractivity contribution < 1.29 is 22.7 Å². The van der Waals surface area contributed by atoms with Crippen molar-refractivity contribution >= 4 is 33.1 Å². The van der Waals surface area contributed by atoms with E-state index >= 15 is 0 Å². The third-order valence-electron chi connectivity index (χ3n) is 5.45. The van der Waals surface area contributed by atoms with E-state index in [0.717, 1.165) is 0 Å². The second kappa shape index (κ2) is 10.2. The van der Waals surface area contributed by atoms with Crippen LogP contribution in [-0.4, -0.2) is 57.0 Å². The number of pyridine rings is 1. The van der Waals surface area contributed by atoms with Gasteiger partial charge in [-0.15, -0.1) is 0 Å². The predicted octanol–water partition coefficient (Wildman–Crippen LogP) is 3.42. The van der Waals surface area contributed by atoms with E-state index in [9.17, 15) is 13.2 Å². The molecule has 0 unspecified atom stereocenters. The molecule has 3 aromatic rings. The van der Waals surface area contributed by atoms with Gasteiger partial charge in [-0.1, -0.05) is 18.2 Å². The minimum Gasteiger partial charge on any atom is -0.495 e. The first-order chi connectivity index (χ1) is 16.4. The lowest BCUT2D eigenvalue weighted by atomic mass is 10.2. The van der Waals surface area contributed by atoms with Gasteiger partial charge in [0.25, 0.3) is 5.91 Å². The van der Waals surface area contributed by atoms with Crippen molar-refractivity contribution in [2.24, 2.45) is 0 Å². The summed E-state index contributed by atoms with van der Waals surface area (Å²) >= 11 is 0. The number of hydrogen-bond acceptors (Lipinski definition) is 7. The highest BCUT2D eigenvalue weighted by atomic mass is 32.2. The Kier molecular flexibility index (Phi) is 7.11. The van der Waals surface area contributed by atoms with Gasteiger partial charge >= 0.3 is 0 Å². The van der Waals surface area contributed by atoms with Crippen LogP contribution in [0.5, 0.6) is 5.75 Å². The number of para-hydroxylation sites is 2. The van der Waals surface area contributed by atoms with Crippen LogP contribution < -0.4 is 15.4 Å². The highest BCUT2D eigenvalue weighted by Crippen LogP contribution is 2.29. The molecule has 9 nitrogen and oxygen atoms in total. The normalized spacial score (nSPS) is 14.4. The number of ether oxygens (including phenoxy) is 2. The van der Waals surface area contributed by atoms with E-state index in [4.69, 9.17) is 9.47 Å². The second-order valence-corrected chi connectivity index (χ2v) is 9.58. The maximum Gasteiger partial charge on any atom is 0.259 e. The molecule has 4 rings (SSSR count). The van der Waals surface area contributed by atoms with Gasteiger partial charge in [0.1, 0.15) is 11.6 Å². The Morgan fingerprint density at radius 1 is 1.09 bits per heavy atom. The molecule has 2 aromatic carbocycles. The van der Waals surface area contributed by atoms with Gasteiger partial charge in [-0.25, -0.2) is 13.4 Å². The van der Waals surface area contributed by atoms with Crippen molar-refractivity contribution in [3.05, 3.63) is 71.9 Å². The second-order valence-electron chi connectivity index (χ2n) is 7.68. The van der Waals surface area contributed by atoms with Crippen LogP contribution in [-0.2, 0) is 14.8 Å². The van der Waals surface area contributed by atoms with Crippen molar-refractivity contribution in [3.8, 4) is 5.75 Å². The van der Waals surface area contributed by atoms with Crippen LogP contribution in [0.3, 0.4) is 0 Å². The fraction of sp³-hybridized carbons (Fsp3) is 0.250. The molecular formula is C24H26N4O5S. The molecule has 0 saturated carbocycles. The zero-order valence-electron chi connectivity index (χ0n) is 18.9. The summed E-state index contributed by atoms with van der Waals surface area (Å²) in [7, 11) is -2.15. The van der Waals surface area contributed by atoms with Crippen LogP contribution in [0.4, 0.5) is 17.2 Å². The van der Waals surface area contributed by atoms with Crippen LogP contribution in [0.1, 0.15) is 15.9 Å². The fourth-order valence-corrected chi connectivity index (χ4v) is 5.30. The van der Waals surface area contributed by atoms with Gasteiger partial charge in [0.2, 0.25) is 10.0 Å².